The van der Waals surface area contributed by atoms with Crippen LogP contribution in [0.5, 0.6) is 0 Å². The molecular weight excluding hydrogens is 277 g/mol. The molecule has 0 fully saturated rings. The molecule has 0 unspecified atom stereocenters. The first kappa shape index (κ1) is 10.5. The maximum absolute atomic E-state index is 5.98. The van der Waals surface area contributed by atoms with Crippen LogP contribution in [0.15, 0.2) is 28.7 Å². The third kappa shape index (κ3) is 2.33. The van der Waals surface area contributed by atoms with Crippen LogP contribution in [0.4, 0.5) is 0 Å². The molecule has 0 atom stereocenters. The summed E-state index contributed by atoms with van der Waals surface area (Å²) in [6.07, 6.45) is 0. The van der Waals surface area contributed by atoms with E-state index in [0.717, 1.165) is 10.0 Å². The third-order valence-corrected chi connectivity index (χ3v) is 2.66. The monoisotopic (exact) mass is 283 g/mol. The van der Waals surface area contributed by atoms with Crippen LogP contribution in [0, 0.1) is 6.92 Å². The topological polar surface area (TPSA) is 38.7 Å². The molecular formula is C10H7BrClN3. The lowest BCUT2D eigenvalue weighted by Gasteiger charge is -2.02. The molecule has 0 saturated heterocycles. The molecule has 0 radical (unpaired) electrons. The maximum Gasteiger partial charge on any atom is 0.159 e. The minimum atomic E-state index is 0.379. The van der Waals surface area contributed by atoms with E-state index in [1.165, 1.54) is 0 Å². The van der Waals surface area contributed by atoms with Gasteiger partial charge in [-0.05, 0) is 19.1 Å². The fourth-order valence-corrected chi connectivity index (χ4v) is 1.70. The zero-order chi connectivity index (χ0) is 10.8. The molecule has 3 nitrogen and oxygen atoms in total. The molecule has 15 heavy (non-hydrogen) atoms. The van der Waals surface area contributed by atoms with E-state index in [1.54, 1.807) is 6.92 Å². The van der Waals surface area contributed by atoms with Crippen LogP contribution in [-0.4, -0.2) is 15.2 Å². The molecule has 0 aliphatic heterocycles. The molecule has 1 aromatic heterocycles. The summed E-state index contributed by atoms with van der Waals surface area (Å²) in [5, 5.41) is 8.28. The van der Waals surface area contributed by atoms with Crippen LogP contribution < -0.4 is 0 Å². The molecule has 76 valence electrons. The van der Waals surface area contributed by atoms with E-state index in [9.17, 15) is 0 Å². The van der Waals surface area contributed by atoms with Crippen LogP contribution in [0.25, 0.3) is 11.3 Å². The van der Waals surface area contributed by atoms with Gasteiger partial charge in [0, 0.05) is 10.0 Å². The summed E-state index contributed by atoms with van der Waals surface area (Å²) in [6.45, 7) is 1.75. The van der Waals surface area contributed by atoms with Crippen molar-refractivity contribution >= 4 is 27.5 Å². The molecule has 0 aliphatic carbocycles. The van der Waals surface area contributed by atoms with Gasteiger partial charge in [0.1, 0.15) is 11.5 Å². The highest BCUT2D eigenvalue weighted by molar-refractivity contribution is 9.10. The Kier molecular flexibility index (Phi) is 2.98. The van der Waals surface area contributed by atoms with Crippen LogP contribution >= 0.6 is 27.5 Å². The van der Waals surface area contributed by atoms with Crippen LogP contribution in [0.3, 0.4) is 0 Å². The molecule has 0 N–H and O–H groups in total. The van der Waals surface area contributed by atoms with E-state index in [4.69, 9.17) is 11.6 Å². The molecule has 1 heterocycles. The molecule has 0 saturated carbocycles. The number of halogens is 2. The van der Waals surface area contributed by atoms with Crippen molar-refractivity contribution in [2.75, 3.05) is 0 Å². The quantitative estimate of drug-likeness (QED) is 0.807. The molecule has 2 rings (SSSR count). The molecule has 0 bridgehead atoms. The molecule has 0 aliphatic rings. The Labute approximate surface area is 101 Å². The van der Waals surface area contributed by atoms with Gasteiger partial charge in [-0.15, -0.1) is 10.2 Å². The molecule has 1 aromatic carbocycles. The van der Waals surface area contributed by atoms with Gasteiger partial charge in [0.05, 0.1) is 0 Å². The number of nitrogens with zero attached hydrogens (tertiary/aromatic N) is 3. The van der Waals surface area contributed by atoms with Crippen LogP contribution in [0.1, 0.15) is 5.82 Å². The summed E-state index contributed by atoms with van der Waals surface area (Å²) in [6, 6.07) is 7.67. The lowest BCUT2D eigenvalue weighted by molar-refractivity contribution is 0.914. The third-order valence-electron chi connectivity index (χ3n) is 1.87. The number of hydrogen-bond donors (Lipinski definition) is 0. The van der Waals surface area contributed by atoms with Crippen molar-refractivity contribution in [3.8, 4) is 11.3 Å². The minimum absolute atomic E-state index is 0.379. The normalized spacial score (nSPS) is 10.3. The zero-order valence-corrected chi connectivity index (χ0v) is 10.2. The Bertz CT molecular complexity index is 485. The van der Waals surface area contributed by atoms with Gasteiger partial charge in [-0.25, -0.2) is 4.98 Å². The largest absolute Gasteiger partial charge is 0.217 e. The van der Waals surface area contributed by atoms with E-state index in [1.807, 2.05) is 24.3 Å². The average molecular weight is 285 g/mol. The summed E-state index contributed by atoms with van der Waals surface area (Å²) in [4.78, 5) is 4.05. The van der Waals surface area contributed by atoms with Gasteiger partial charge >= 0.3 is 0 Å². The van der Waals surface area contributed by atoms with Gasteiger partial charge in [-0.2, -0.15) is 0 Å². The first-order valence-corrected chi connectivity index (χ1v) is 5.46. The predicted molar refractivity (Wildman–Crippen MR) is 62.7 cm³/mol. The summed E-state index contributed by atoms with van der Waals surface area (Å²) < 4.78 is 1.01. The Morgan fingerprint density at radius 2 is 1.80 bits per heavy atom. The highest BCUT2D eigenvalue weighted by atomic mass is 79.9. The van der Waals surface area contributed by atoms with E-state index < -0.39 is 0 Å². The van der Waals surface area contributed by atoms with Gasteiger partial charge in [0.25, 0.3) is 0 Å². The summed E-state index contributed by atoms with van der Waals surface area (Å²) in [7, 11) is 0. The van der Waals surface area contributed by atoms with Crippen molar-refractivity contribution < 1.29 is 0 Å². The Morgan fingerprint density at radius 3 is 2.40 bits per heavy atom. The van der Waals surface area contributed by atoms with Crippen molar-refractivity contribution in [1.29, 1.82) is 0 Å². The van der Waals surface area contributed by atoms with Crippen molar-refractivity contribution in [3.63, 3.8) is 0 Å². The lowest BCUT2D eigenvalue weighted by atomic mass is 10.2. The minimum Gasteiger partial charge on any atom is -0.217 e. The maximum atomic E-state index is 5.98. The first-order valence-electron chi connectivity index (χ1n) is 4.29. The molecule has 0 amide bonds. The van der Waals surface area contributed by atoms with Crippen LogP contribution in [-0.2, 0) is 0 Å². The van der Waals surface area contributed by atoms with Gasteiger partial charge in [0.2, 0.25) is 0 Å². The van der Waals surface area contributed by atoms with Crippen molar-refractivity contribution in [1.82, 2.24) is 15.2 Å². The van der Waals surface area contributed by atoms with Crippen molar-refractivity contribution in [3.05, 3.63) is 39.7 Å². The molecule has 5 heteroatoms. The fourth-order valence-electron chi connectivity index (χ4n) is 1.17. The SMILES string of the molecule is Cc1nnc(-c2ccc(Br)cc2)c(Cl)n1. The summed E-state index contributed by atoms with van der Waals surface area (Å²) in [5.74, 6) is 0.570. The van der Waals surface area contributed by atoms with Gasteiger partial charge in [-0.3, -0.25) is 0 Å². The Hall–Kier alpha value is -1.00. The van der Waals surface area contributed by atoms with Gasteiger partial charge in [-0.1, -0.05) is 39.7 Å². The second-order valence-electron chi connectivity index (χ2n) is 3.01. The number of rotatable bonds is 1. The smallest absolute Gasteiger partial charge is 0.159 e. The standard InChI is InChI=1S/C10H7BrClN3/c1-6-13-10(12)9(15-14-6)7-2-4-8(11)5-3-7/h2-5H,1H3. The first-order chi connectivity index (χ1) is 7.16. The number of benzene rings is 1. The average Bonchev–Trinajstić information content (AvgIpc) is 2.20. The van der Waals surface area contributed by atoms with Gasteiger partial charge in [0.15, 0.2) is 5.15 Å². The number of aromatic nitrogens is 3. The fraction of sp³-hybridized carbons (Fsp3) is 0.100. The second-order valence-corrected chi connectivity index (χ2v) is 4.28. The summed E-state index contributed by atoms with van der Waals surface area (Å²) in [5.41, 5.74) is 1.51. The van der Waals surface area contributed by atoms with E-state index >= 15 is 0 Å². The lowest BCUT2D eigenvalue weighted by Crippen LogP contribution is -1.95. The number of hydrogen-bond acceptors (Lipinski definition) is 3. The molecule has 0 spiro atoms. The van der Waals surface area contributed by atoms with Crippen LogP contribution in [0.2, 0.25) is 5.15 Å². The van der Waals surface area contributed by atoms with Gasteiger partial charge < -0.3 is 0 Å². The predicted octanol–water partition coefficient (Wildman–Crippen LogP) is 3.26. The Balaban J connectivity index is 2.49. The van der Waals surface area contributed by atoms with Crippen molar-refractivity contribution in [2.24, 2.45) is 0 Å². The second kappa shape index (κ2) is 4.24. The Morgan fingerprint density at radius 1 is 1.13 bits per heavy atom. The summed E-state index contributed by atoms with van der Waals surface area (Å²) >= 11 is 9.34. The highest BCUT2D eigenvalue weighted by Gasteiger charge is 2.07. The van der Waals surface area contributed by atoms with E-state index in [-0.39, 0.29) is 0 Å². The van der Waals surface area contributed by atoms with Crippen molar-refractivity contribution in [2.45, 2.75) is 6.92 Å². The zero-order valence-electron chi connectivity index (χ0n) is 7.91. The highest BCUT2D eigenvalue weighted by Crippen LogP contribution is 2.24. The van der Waals surface area contributed by atoms with E-state index in [0.29, 0.717) is 16.7 Å². The molecule has 2 aromatic rings. The van der Waals surface area contributed by atoms with E-state index in [2.05, 4.69) is 31.1 Å². The number of aryl methyl sites for hydroxylation is 1.